The lowest BCUT2D eigenvalue weighted by atomic mass is 10.0. The first-order chi connectivity index (χ1) is 17.5. The Bertz CT molecular complexity index is 1500. The van der Waals surface area contributed by atoms with E-state index >= 15 is 0 Å². The maximum atomic E-state index is 13.5. The standard InChI is InChI=1S/C26H23ClFN7O/c1-3-4-23(18-5-7-20(28)8-6-18)36-24-13-19(15-34-26(24)22(27)14-30-34)25-17(2)35(32-31-25)21-9-11-33(16-29)12-10-21/h5-8,13-15,21,23H,9-12H2,1-2H3. The summed E-state index contributed by atoms with van der Waals surface area (Å²) in [6, 6.07) is 8.09. The van der Waals surface area contributed by atoms with Crippen LogP contribution in [0, 0.1) is 36.0 Å². The molecule has 0 radical (unpaired) electrons. The van der Waals surface area contributed by atoms with Crippen LogP contribution in [0.25, 0.3) is 16.8 Å². The number of nitriles is 1. The number of hydrogen-bond acceptors (Lipinski definition) is 6. The van der Waals surface area contributed by atoms with Gasteiger partial charge in [0.25, 0.3) is 0 Å². The lowest BCUT2D eigenvalue weighted by Gasteiger charge is -2.28. The molecular formula is C26H23ClFN7O. The summed E-state index contributed by atoms with van der Waals surface area (Å²) < 4.78 is 23.4. The summed E-state index contributed by atoms with van der Waals surface area (Å²) in [6.45, 7) is 5.11. The van der Waals surface area contributed by atoms with Crippen molar-refractivity contribution in [3.63, 3.8) is 0 Å². The fourth-order valence-corrected chi connectivity index (χ4v) is 4.73. The molecule has 1 atom stereocenters. The normalized spacial score (nSPS) is 14.8. The van der Waals surface area contributed by atoms with Gasteiger partial charge in [0.15, 0.2) is 12.3 Å². The Kier molecular flexibility index (Phi) is 6.49. The zero-order valence-corrected chi connectivity index (χ0v) is 20.6. The van der Waals surface area contributed by atoms with Gasteiger partial charge in [-0.25, -0.2) is 13.6 Å². The molecule has 0 bridgehead atoms. The number of aromatic nitrogens is 5. The maximum absolute atomic E-state index is 13.5. The van der Waals surface area contributed by atoms with Gasteiger partial charge >= 0.3 is 0 Å². The van der Waals surface area contributed by atoms with E-state index in [9.17, 15) is 4.39 Å². The monoisotopic (exact) mass is 503 g/mol. The van der Waals surface area contributed by atoms with E-state index in [-0.39, 0.29) is 11.9 Å². The Balaban J connectivity index is 1.52. The molecule has 1 unspecified atom stereocenters. The number of ether oxygens (including phenoxy) is 1. The fraction of sp³-hybridized carbons (Fsp3) is 0.308. The molecule has 8 nitrogen and oxygen atoms in total. The van der Waals surface area contributed by atoms with Crippen molar-refractivity contribution in [3.8, 4) is 35.0 Å². The van der Waals surface area contributed by atoms with Crippen molar-refractivity contribution in [1.82, 2.24) is 29.5 Å². The van der Waals surface area contributed by atoms with Crippen LogP contribution >= 0.6 is 11.6 Å². The second-order valence-corrected chi connectivity index (χ2v) is 9.02. The highest BCUT2D eigenvalue weighted by Crippen LogP contribution is 2.36. The molecule has 0 N–H and O–H groups in total. The summed E-state index contributed by atoms with van der Waals surface area (Å²) in [5.74, 6) is 6.07. The first-order valence-corrected chi connectivity index (χ1v) is 11.9. The molecule has 10 heteroatoms. The molecule has 0 spiro atoms. The van der Waals surface area contributed by atoms with Crippen molar-refractivity contribution in [2.75, 3.05) is 13.1 Å². The van der Waals surface area contributed by atoms with Gasteiger partial charge in [-0.2, -0.15) is 10.4 Å². The molecule has 1 aromatic carbocycles. The van der Waals surface area contributed by atoms with Crippen LogP contribution in [0.15, 0.2) is 42.7 Å². The molecule has 5 rings (SSSR count). The first-order valence-electron chi connectivity index (χ1n) is 11.6. The van der Waals surface area contributed by atoms with E-state index in [0.717, 1.165) is 29.7 Å². The predicted molar refractivity (Wildman–Crippen MR) is 133 cm³/mol. The van der Waals surface area contributed by atoms with Crippen molar-refractivity contribution in [1.29, 1.82) is 5.26 Å². The topological polar surface area (TPSA) is 84.3 Å². The van der Waals surface area contributed by atoms with Crippen LogP contribution in [-0.2, 0) is 0 Å². The highest BCUT2D eigenvalue weighted by molar-refractivity contribution is 6.34. The van der Waals surface area contributed by atoms with Gasteiger partial charge < -0.3 is 9.64 Å². The van der Waals surface area contributed by atoms with Crippen LogP contribution in [-0.4, -0.2) is 42.6 Å². The van der Waals surface area contributed by atoms with Gasteiger partial charge in [-0.15, -0.1) is 11.0 Å². The molecule has 3 aromatic heterocycles. The molecule has 1 aliphatic heterocycles. The molecule has 0 aliphatic carbocycles. The molecule has 4 heterocycles. The summed E-state index contributed by atoms with van der Waals surface area (Å²) in [4.78, 5) is 1.76. The van der Waals surface area contributed by atoms with Crippen molar-refractivity contribution in [2.45, 2.75) is 38.8 Å². The summed E-state index contributed by atoms with van der Waals surface area (Å²) in [5, 5.41) is 22.9. The predicted octanol–water partition coefficient (Wildman–Crippen LogP) is 4.96. The van der Waals surface area contributed by atoms with Gasteiger partial charge in [-0.05, 0) is 44.9 Å². The summed E-state index contributed by atoms with van der Waals surface area (Å²) in [7, 11) is 0. The van der Waals surface area contributed by atoms with E-state index in [1.165, 1.54) is 12.1 Å². The van der Waals surface area contributed by atoms with Gasteiger partial charge in [-0.3, -0.25) is 0 Å². The van der Waals surface area contributed by atoms with Crippen LogP contribution in [0.5, 0.6) is 5.75 Å². The van der Waals surface area contributed by atoms with Gasteiger partial charge in [-0.1, -0.05) is 34.9 Å². The van der Waals surface area contributed by atoms with Crippen LogP contribution < -0.4 is 4.74 Å². The first kappa shape index (κ1) is 23.7. The third-order valence-electron chi connectivity index (χ3n) is 6.38. The number of piperidine rings is 1. The number of halogens is 2. The molecule has 4 aromatic rings. The zero-order chi connectivity index (χ0) is 25.2. The number of pyridine rings is 1. The lowest BCUT2D eigenvalue weighted by molar-refractivity contribution is 0.237. The fourth-order valence-electron chi connectivity index (χ4n) is 4.51. The highest BCUT2D eigenvalue weighted by atomic mass is 35.5. The molecular weight excluding hydrogens is 481 g/mol. The Morgan fingerprint density at radius 2 is 1.97 bits per heavy atom. The Hall–Kier alpha value is -4.08. The Morgan fingerprint density at radius 1 is 1.22 bits per heavy atom. The second kappa shape index (κ2) is 9.88. The smallest absolute Gasteiger partial charge is 0.184 e. The van der Waals surface area contributed by atoms with Gasteiger partial charge in [0.1, 0.15) is 22.8 Å². The Labute approximate surface area is 212 Å². The van der Waals surface area contributed by atoms with E-state index in [0.29, 0.717) is 35.1 Å². The average molecular weight is 504 g/mol. The molecule has 182 valence electrons. The second-order valence-electron chi connectivity index (χ2n) is 8.61. The Morgan fingerprint density at radius 3 is 2.67 bits per heavy atom. The molecule has 1 saturated heterocycles. The van der Waals surface area contributed by atoms with Crippen LogP contribution in [0.2, 0.25) is 5.02 Å². The summed E-state index contributed by atoms with van der Waals surface area (Å²) in [6.07, 6.45) is 6.62. The summed E-state index contributed by atoms with van der Waals surface area (Å²) >= 11 is 6.46. The molecule has 1 fully saturated rings. The van der Waals surface area contributed by atoms with E-state index in [2.05, 4.69) is 33.4 Å². The minimum atomic E-state index is -0.636. The summed E-state index contributed by atoms with van der Waals surface area (Å²) in [5.41, 5.74) is 3.70. The van der Waals surface area contributed by atoms with Crippen molar-refractivity contribution < 1.29 is 9.13 Å². The number of benzene rings is 1. The molecule has 1 aliphatic rings. The van der Waals surface area contributed by atoms with Gasteiger partial charge in [0.05, 0.1) is 23.0 Å². The molecule has 36 heavy (non-hydrogen) atoms. The van der Waals surface area contributed by atoms with Crippen molar-refractivity contribution >= 4 is 17.1 Å². The van der Waals surface area contributed by atoms with E-state index in [4.69, 9.17) is 21.6 Å². The van der Waals surface area contributed by atoms with Crippen molar-refractivity contribution in [3.05, 3.63) is 64.8 Å². The molecule has 0 saturated carbocycles. The number of fused-ring (bicyclic) bond motifs is 1. The van der Waals surface area contributed by atoms with E-state index < -0.39 is 6.10 Å². The van der Waals surface area contributed by atoms with Crippen LogP contribution in [0.3, 0.4) is 0 Å². The lowest BCUT2D eigenvalue weighted by Crippen LogP contribution is -2.31. The number of rotatable bonds is 5. The zero-order valence-electron chi connectivity index (χ0n) is 19.8. The van der Waals surface area contributed by atoms with Gasteiger partial charge in [0, 0.05) is 30.4 Å². The average Bonchev–Trinajstić information content (AvgIpc) is 3.46. The van der Waals surface area contributed by atoms with Crippen molar-refractivity contribution in [2.24, 2.45) is 0 Å². The number of likely N-dealkylation sites (tertiary alicyclic amines) is 1. The van der Waals surface area contributed by atoms with Gasteiger partial charge in [0.2, 0.25) is 0 Å². The third-order valence-corrected chi connectivity index (χ3v) is 6.65. The third kappa shape index (κ3) is 4.46. The van der Waals surface area contributed by atoms with E-state index in [1.54, 1.807) is 34.7 Å². The van der Waals surface area contributed by atoms with E-state index in [1.807, 2.05) is 23.9 Å². The SMILES string of the molecule is CC#CC(Oc1cc(-c2nnn(C3CCN(C#N)CC3)c2C)cn2ncc(Cl)c12)c1ccc(F)cc1. The van der Waals surface area contributed by atoms with Crippen LogP contribution in [0.4, 0.5) is 4.39 Å². The van der Waals surface area contributed by atoms with Crippen LogP contribution in [0.1, 0.15) is 43.2 Å². The minimum Gasteiger partial charge on any atom is -0.471 e. The highest BCUT2D eigenvalue weighted by Gasteiger charge is 2.25. The maximum Gasteiger partial charge on any atom is 0.184 e. The quantitative estimate of drug-likeness (QED) is 0.283. The largest absolute Gasteiger partial charge is 0.471 e. The number of hydrogen-bond donors (Lipinski definition) is 0. The minimum absolute atomic E-state index is 0.178. The molecule has 0 amide bonds. The number of nitrogens with zero attached hydrogens (tertiary/aromatic N) is 7.